The van der Waals surface area contributed by atoms with Gasteiger partial charge >= 0.3 is 0 Å². The van der Waals surface area contributed by atoms with E-state index in [9.17, 15) is 18.8 Å². The summed E-state index contributed by atoms with van der Waals surface area (Å²) in [6.07, 6.45) is -0.0765. The first-order valence-corrected chi connectivity index (χ1v) is 8.70. The molecule has 2 rings (SSSR count). The normalized spacial score (nSPS) is 10.1. The number of ether oxygens (including phenoxy) is 2. The van der Waals surface area contributed by atoms with E-state index in [0.29, 0.717) is 23.7 Å². The van der Waals surface area contributed by atoms with Gasteiger partial charge in [0.25, 0.3) is 5.91 Å². The lowest BCUT2D eigenvalue weighted by Crippen LogP contribution is -2.43. The first-order chi connectivity index (χ1) is 13.5. The lowest BCUT2D eigenvalue weighted by Gasteiger charge is -2.09. The molecule has 0 unspecified atom stereocenters. The van der Waals surface area contributed by atoms with Gasteiger partial charge < -0.3 is 9.47 Å². The predicted molar refractivity (Wildman–Crippen MR) is 99.4 cm³/mol. The first kappa shape index (κ1) is 20.9. The molecule has 148 valence electrons. The maximum absolute atomic E-state index is 12.8. The smallest absolute Gasteiger partial charge is 0.276 e. The molecule has 0 atom stereocenters. The van der Waals surface area contributed by atoms with E-state index in [2.05, 4.69) is 10.9 Å². The third-order valence-electron chi connectivity index (χ3n) is 3.59. The number of Topliss-reactive ketones (excluding diaryl/α,β-unsaturated/α-hetero) is 1. The summed E-state index contributed by atoms with van der Waals surface area (Å²) in [5, 5.41) is 0. The van der Waals surface area contributed by atoms with Crippen LogP contribution in [0.2, 0.25) is 0 Å². The third kappa shape index (κ3) is 7.06. The molecule has 2 amide bonds. The minimum atomic E-state index is -0.587. The molecule has 2 N–H and O–H groups in total. The Bertz CT molecular complexity index is 806. The average molecular weight is 388 g/mol. The van der Waals surface area contributed by atoms with Crippen LogP contribution < -0.4 is 20.3 Å². The summed E-state index contributed by atoms with van der Waals surface area (Å²) < 4.78 is 23.2. The van der Waals surface area contributed by atoms with Crippen LogP contribution in [-0.2, 0) is 9.59 Å². The molecule has 0 aliphatic rings. The van der Waals surface area contributed by atoms with Gasteiger partial charge in [-0.15, -0.1) is 0 Å². The minimum Gasteiger partial charge on any atom is -0.494 e. The molecule has 0 saturated carbocycles. The first-order valence-electron chi connectivity index (χ1n) is 8.70. The summed E-state index contributed by atoms with van der Waals surface area (Å²) in [6, 6.07) is 11.8. The van der Waals surface area contributed by atoms with Crippen LogP contribution in [0.4, 0.5) is 4.39 Å². The molecule has 2 aromatic rings. The van der Waals surface area contributed by atoms with Crippen LogP contribution >= 0.6 is 0 Å². The highest BCUT2D eigenvalue weighted by atomic mass is 19.1. The summed E-state index contributed by atoms with van der Waals surface area (Å²) in [4.78, 5) is 35.5. The van der Waals surface area contributed by atoms with Gasteiger partial charge in [-0.2, -0.15) is 0 Å². The molecule has 0 aliphatic heterocycles. The minimum absolute atomic E-state index is 0.00175. The van der Waals surface area contributed by atoms with Crippen molar-refractivity contribution in [2.75, 3.05) is 13.2 Å². The number of ketones is 1. The van der Waals surface area contributed by atoms with Crippen molar-refractivity contribution in [2.45, 2.75) is 19.8 Å². The molecule has 0 fully saturated rings. The number of carbonyl (C=O) groups excluding carboxylic acids is 3. The van der Waals surface area contributed by atoms with Crippen molar-refractivity contribution in [1.29, 1.82) is 0 Å². The van der Waals surface area contributed by atoms with E-state index in [1.54, 1.807) is 24.3 Å². The van der Waals surface area contributed by atoms with Gasteiger partial charge in [0.1, 0.15) is 17.3 Å². The maximum atomic E-state index is 12.8. The summed E-state index contributed by atoms with van der Waals surface area (Å²) in [6.45, 7) is 2.05. The van der Waals surface area contributed by atoms with Crippen LogP contribution in [0.1, 0.15) is 30.1 Å². The van der Waals surface area contributed by atoms with E-state index in [1.165, 1.54) is 24.3 Å². The van der Waals surface area contributed by atoms with Gasteiger partial charge in [0.2, 0.25) is 5.91 Å². The van der Waals surface area contributed by atoms with Crippen molar-refractivity contribution in [3.8, 4) is 11.5 Å². The van der Waals surface area contributed by atoms with Crippen molar-refractivity contribution in [2.24, 2.45) is 0 Å². The zero-order chi connectivity index (χ0) is 20.4. The zero-order valence-electron chi connectivity index (χ0n) is 15.4. The van der Waals surface area contributed by atoms with Crippen molar-refractivity contribution in [3.63, 3.8) is 0 Å². The Morgan fingerprint density at radius 1 is 0.821 bits per heavy atom. The van der Waals surface area contributed by atoms with Crippen molar-refractivity contribution in [1.82, 2.24) is 10.9 Å². The van der Waals surface area contributed by atoms with Crippen LogP contribution in [0.3, 0.4) is 0 Å². The molecular weight excluding hydrogens is 367 g/mol. The Morgan fingerprint density at radius 3 is 2.04 bits per heavy atom. The van der Waals surface area contributed by atoms with Gasteiger partial charge in [-0.25, -0.2) is 4.39 Å². The van der Waals surface area contributed by atoms with Gasteiger partial charge in [-0.1, -0.05) is 0 Å². The summed E-state index contributed by atoms with van der Waals surface area (Å²) in [5.41, 5.74) is 4.87. The summed E-state index contributed by atoms with van der Waals surface area (Å²) in [5.74, 6) is -0.705. The van der Waals surface area contributed by atoms with E-state index in [-0.39, 0.29) is 25.2 Å². The molecule has 0 radical (unpaired) electrons. The number of halogens is 1. The number of benzene rings is 2. The summed E-state index contributed by atoms with van der Waals surface area (Å²) >= 11 is 0. The quantitative estimate of drug-likeness (QED) is 0.508. The Labute approximate surface area is 161 Å². The molecule has 0 saturated heterocycles. The largest absolute Gasteiger partial charge is 0.494 e. The fraction of sp³-hybridized carbons (Fsp3) is 0.250. The third-order valence-corrected chi connectivity index (χ3v) is 3.59. The van der Waals surface area contributed by atoms with Crippen molar-refractivity contribution < 1.29 is 28.2 Å². The van der Waals surface area contributed by atoms with Crippen LogP contribution in [0, 0.1) is 5.82 Å². The fourth-order valence-corrected chi connectivity index (χ4v) is 2.19. The standard InChI is InChI=1S/C20H21FN2O5/c1-2-27-16-7-3-14(4-8-16)18(24)11-12-19(25)22-23-20(26)13-28-17-9-5-15(21)6-10-17/h3-10H,2,11-13H2,1H3,(H,22,25)(H,23,26). The molecule has 0 spiro atoms. The Morgan fingerprint density at radius 2 is 1.39 bits per heavy atom. The Hall–Kier alpha value is -3.42. The molecule has 0 bridgehead atoms. The number of nitrogens with one attached hydrogen (secondary N) is 2. The zero-order valence-corrected chi connectivity index (χ0v) is 15.4. The second-order valence-corrected chi connectivity index (χ2v) is 5.72. The Kier molecular flexibility index (Phi) is 7.95. The van der Waals surface area contributed by atoms with Gasteiger partial charge in [0.05, 0.1) is 6.61 Å². The van der Waals surface area contributed by atoms with Crippen LogP contribution in [0.25, 0.3) is 0 Å². The number of carbonyl (C=O) groups is 3. The monoisotopic (exact) mass is 388 g/mol. The van der Waals surface area contributed by atoms with Gasteiger partial charge in [0.15, 0.2) is 12.4 Å². The predicted octanol–water partition coefficient (Wildman–Crippen LogP) is 2.41. The van der Waals surface area contributed by atoms with E-state index in [0.717, 1.165) is 0 Å². The van der Waals surface area contributed by atoms with Crippen molar-refractivity contribution >= 4 is 17.6 Å². The molecule has 28 heavy (non-hydrogen) atoms. The van der Waals surface area contributed by atoms with Crippen molar-refractivity contribution in [3.05, 3.63) is 59.9 Å². The second-order valence-electron chi connectivity index (χ2n) is 5.72. The molecular formula is C20H21FN2O5. The van der Waals surface area contributed by atoms with Gasteiger partial charge in [0, 0.05) is 18.4 Å². The highest BCUT2D eigenvalue weighted by Crippen LogP contribution is 2.14. The van der Waals surface area contributed by atoms with Crippen LogP contribution in [0.5, 0.6) is 11.5 Å². The van der Waals surface area contributed by atoms with Gasteiger partial charge in [-0.3, -0.25) is 25.2 Å². The number of amides is 2. The van der Waals surface area contributed by atoms with Crippen LogP contribution in [0.15, 0.2) is 48.5 Å². The lowest BCUT2D eigenvalue weighted by atomic mass is 10.1. The van der Waals surface area contributed by atoms with Crippen LogP contribution in [-0.4, -0.2) is 30.8 Å². The second kappa shape index (κ2) is 10.7. The Balaban J connectivity index is 1.66. The van der Waals surface area contributed by atoms with E-state index < -0.39 is 17.6 Å². The number of hydrogen-bond acceptors (Lipinski definition) is 5. The molecule has 8 heteroatoms. The molecule has 7 nitrogen and oxygen atoms in total. The molecule has 2 aromatic carbocycles. The molecule has 0 aromatic heterocycles. The molecule has 0 aliphatic carbocycles. The molecule has 0 heterocycles. The number of rotatable bonds is 9. The number of hydrazine groups is 1. The average Bonchev–Trinajstić information content (AvgIpc) is 2.71. The lowest BCUT2D eigenvalue weighted by molar-refractivity contribution is -0.130. The van der Waals surface area contributed by atoms with E-state index in [1.807, 2.05) is 6.92 Å². The highest BCUT2D eigenvalue weighted by Gasteiger charge is 2.11. The SMILES string of the molecule is CCOc1ccc(C(=O)CCC(=O)NNC(=O)COc2ccc(F)cc2)cc1. The van der Waals surface area contributed by atoms with E-state index in [4.69, 9.17) is 9.47 Å². The number of hydrogen-bond donors (Lipinski definition) is 2. The summed E-state index contributed by atoms with van der Waals surface area (Å²) in [7, 11) is 0. The maximum Gasteiger partial charge on any atom is 0.276 e. The fourth-order valence-electron chi connectivity index (χ4n) is 2.19. The topological polar surface area (TPSA) is 93.7 Å². The highest BCUT2D eigenvalue weighted by molar-refractivity contribution is 5.98. The van der Waals surface area contributed by atoms with Gasteiger partial charge in [-0.05, 0) is 55.5 Å². The van der Waals surface area contributed by atoms with E-state index >= 15 is 0 Å².